The zero-order valence-corrected chi connectivity index (χ0v) is 10.7. The minimum atomic E-state index is -0.0330. The van der Waals surface area contributed by atoms with Crippen LogP contribution < -0.4 is 0 Å². The fourth-order valence-electron chi connectivity index (χ4n) is 1.43. The van der Waals surface area contributed by atoms with Crippen LogP contribution in [0.15, 0.2) is 11.6 Å². The maximum atomic E-state index is 11.9. The quantitative estimate of drug-likeness (QED) is 0.552. The summed E-state index contributed by atoms with van der Waals surface area (Å²) in [6.07, 6.45) is 3.16. The van der Waals surface area contributed by atoms with Crippen LogP contribution in [-0.4, -0.2) is 28.7 Å². The van der Waals surface area contributed by atoms with Gasteiger partial charge in [-0.1, -0.05) is 41.4 Å². The van der Waals surface area contributed by atoms with Gasteiger partial charge < -0.3 is 4.90 Å². The van der Waals surface area contributed by atoms with E-state index in [1.807, 2.05) is 4.90 Å². The predicted molar refractivity (Wildman–Crippen MR) is 62.5 cm³/mol. The van der Waals surface area contributed by atoms with Crippen LogP contribution in [0.5, 0.6) is 0 Å². The first kappa shape index (κ1) is 11.8. The summed E-state index contributed by atoms with van der Waals surface area (Å²) in [5, 5.41) is 0. The lowest BCUT2D eigenvalue weighted by Crippen LogP contribution is -2.41. The minimum absolute atomic E-state index is 0.0330. The van der Waals surface area contributed by atoms with Gasteiger partial charge in [0, 0.05) is 13.1 Å². The van der Waals surface area contributed by atoms with Gasteiger partial charge in [-0.05, 0) is 19.3 Å². The van der Waals surface area contributed by atoms with Gasteiger partial charge in [0.25, 0.3) is 0 Å². The van der Waals surface area contributed by atoms with Crippen molar-refractivity contribution >= 4 is 21.8 Å². The molecule has 1 heterocycles. The third-order valence-corrected chi connectivity index (χ3v) is 4.02. The Morgan fingerprint density at radius 3 is 2.64 bits per heavy atom. The second-order valence-corrected chi connectivity index (χ2v) is 5.22. The summed E-state index contributed by atoms with van der Waals surface area (Å²) in [4.78, 5) is 13.8. The van der Waals surface area contributed by atoms with Crippen molar-refractivity contribution in [2.75, 3.05) is 13.1 Å². The molecule has 1 atom stereocenters. The molecular weight excluding hydrogens is 242 g/mol. The van der Waals surface area contributed by atoms with Crippen LogP contribution in [0.4, 0.5) is 0 Å². The molecule has 1 aliphatic heterocycles. The largest absolute Gasteiger partial charge is 0.338 e. The third kappa shape index (κ3) is 2.84. The van der Waals surface area contributed by atoms with Gasteiger partial charge in [0.1, 0.15) is 0 Å². The number of halogens is 1. The number of alkyl halides is 1. The molecule has 0 radical (unpaired) electrons. The monoisotopic (exact) mass is 259 g/mol. The lowest BCUT2D eigenvalue weighted by molar-refractivity contribution is -0.130. The molecule has 0 N–H and O–H groups in total. The lowest BCUT2D eigenvalue weighted by atomic mass is 10.1. The van der Waals surface area contributed by atoms with Crippen molar-refractivity contribution < 1.29 is 4.79 Å². The topological polar surface area (TPSA) is 20.3 Å². The van der Waals surface area contributed by atoms with E-state index in [0.717, 1.165) is 19.5 Å². The number of hydrogen-bond acceptors (Lipinski definition) is 1. The Kier molecular flexibility index (Phi) is 4.17. The summed E-state index contributed by atoms with van der Waals surface area (Å²) in [7, 11) is 0. The highest BCUT2D eigenvalue weighted by atomic mass is 79.9. The maximum absolute atomic E-state index is 11.9. The van der Waals surface area contributed by atoms with Gasteiger partial charge in [0.15, 0.2) is 0 Å². The molecule has 2 nitrogen and oxygen atoms in total. The first-order valence-corrected chi connectivity index (χ1v) is 6.02. The van der Waals surface area contributed by atoms with Gasteiger partial charge in [-0.3, -0.25) is 4.79 Å². The Hall–Kier alpha value is -0.310. The average Bonchev–Trinajstić information content (AvgIpc) is 2.16. The molecule has 0 fully saturated rings. The van der Waals surface area contributed by atoms with E-state index in [0.29, 0.717) is 5.92 Å². The standard InChI is InChI=1S/C11H18BrNO/c1-8(2)10(12)11(14)13-6-4-9(3)5-7-13/h4,8,10H,5-7H2,1-3H3. The Morgan fingerprint density at radius 2 is 2.21 bits per heavy atom. The van der Waals surface area contributed by atoms with E-state index in [-0.39, 0.29) is 10.7 Å². The highest BCUT2D eigenvalue weighted by molar-refractivity contribution is 9.10. The molecule has 1 unspecified atom stereocenters. The van der Waals surface area contributed by atoms with Gasteiger partial charge in [-0.25, -0.2) is 0 Å². The second-order valence-electron chi connectivity index (χ2n) is 4.23. The van der Waals surface area contributed by atoms with E-state index in [1.165, 1.54) is 5.57 Å². The number of hydrogen-bond donors (Lipinski definition) is 0. The van der Waals surface area contributed by atoms with Crippen LogP contribution in [0.2, 0.25) is 0 Å². The lowest BCUT2D eigenvalue weighted by Gasteiger charge is -2.28. The molecule has 0 aromatic rings. The molecule has 1 aliphatic rings. The molecule has 0 aromatic heterocycles. The van der Waals surface area contributed by atoms with Crippen LogP contribution in [0, 0.1) is 5.92 Å². The smallest absolute Gasteiger partial charge is 0.236 e. The zero-order valence-electron chi connectivity index (χ0n) is 9.09. The summed E-state index contributed by atoms with van der Waals surface area (Å²) in [6.45, 7) is 7.88. The molecule has 0 aliphatic carbocycles. The second kappa shape index (κ2) is 4.96. The van der Waals surface area contributed by atoms with Crippen molar-refractivity contribution in [3.05, 3.63) is 11.6 Å². The van der Waals surface area contributed by atoms with Gasteiger partial charge in [0.05, 0.1) is 4.83 Å². The molecule has 0 saturated heterocycles. The Bertz CT molecular complexity index is 248. The summed E-state index contributed by atoms with van der Waals surface area (Å²) in [5.41, 5.74) is 1.39. The molecule has 0 saturated carbocycles. The van der Waals surface area contributed by atoms with Crippen molar-refractivity contribution in [2.24, 2.45) is 5.92 Å². The summed E-state index contributed by atoms with van der Waals surface area (Å²) in [6, 6.07) is 0. The molecule has 0 bridgehead atoms. The number of carbonyl (C=O) groups is 1. The molecule has 1 amide bonds. The summed E-state index contributed by atoms with van der Waals surface area (Å²) >= 11 is 3.45. The summed E-state index contributed by atoms with van der Waals surface area (Å²) < 4.78 is 0. The molecule has 0 spiro atoms. The van der Waals surface area contributed by atoms with Crippen LogP contribution in [-0.2, 0) is 4.79 Å². The van der Waals surface area contributed by atoms with Crippen LogP contribution in [0.3, 0.4) is 0 Å². The van der Waals surface area contributed by atoms with Crippen molar-refractivity contribution in [3.63, 3.8) is 0 Å². The van der Waals surface area contributed by atoms with Crippen LogP contribution >= 0.6 is 15.9 Å². The van der Waals surface area contributed by atoms with Crippen molar-refractivity contribution in [1.29, 1.82) is 0 Å². The SMILES string of the molecule is CC1=CCN(C(=O)C(Br)C(C)C)CC1. The first-order chi connectivity index (χ1) is 6.52. The molecule has 0 aromatic carbocycles. The van der Waals surface area contributed by atoms with E-state index in [4.69, 9.17) is 0 Å². The van der Waals surface area contributed by atoms with Crippen molar-refractivity contribution in [1.82, 2.24) is 4.90 Å². The fraction of sp³-hybridized carbons (Fsp3) is 0.727. The third-order valence-electron chi connectivity index (χ3n) is 2.57. The number of carbonyl (C=O) groups excluding carboxylic acids is 1. The van der Waals surface area contributed by atoms with E-state index in [9.17, 15) is 4.79 Å². The highest BCUT2D eigenvalue weighted by Gasteiger charge is 2.24. The van der Waals surface area contributed by atoms with Crippen LogP contribution in [0.1, 0.15) is 27.2 Å². The van der Waals surface area contributed by atoms with E-state index in [2.05, 4.69) is 42.8 Å². The molecule has 14 heavy (non-hydrogen) atoms. The van der Waals surface area contributed by atoms with E-state index in [1.54, 1.807) is 0 Å². The summed E-state index contributed by atoms with van der Waals surface area (Å²) in [5.74, 6) is 0.582. The van der Waals surface area contributed by atoms with Crippen molar-refractivity contribution in [3.8, 4) is 0 Å². The minimum Gasteiger partial charge on any atom is -0.338 e. The Balaban J connectivity index is 2.54. The molecule has 80 valence electrons. The Morgan fingerprint density at radius 1 is 1.57 bits per heavy atom. The van der Waals surface area contributed by atoms with Gasteiger partial charge >= 0.3 is 0 Å². The average molecular weight is 260 g/mol. The van der Waals surface area contributed by atoms with E-state index >= 15 is 0 Å². The number of rotatable bonds is 2. The molecule has 1 rings (SSSR count). The van der Waals surface area contributed by atoms with Gasteiger partial charge in [-0.2, -0.15) is 0 Å². The van der Waals surface area contributed by atoms with Gasteiger partial charge in [-0.15, -0.1) is 0 Å². The zero-order chi connectivity index (χ0) is 10.7. The molecule has 3 heteroatoms. The number of nitrogens with zero attached hydrogens (tertiary/aromatic N) is 1. The normalized spacial score (nSPS) is 19.5. The Labute approximate surface area is 94.5 Å². The van der Waals surface area contributed by atoms with Gasteiger partial charge in [0.2, 0.25) is 5.91 Å². The highest BCUT2D eigenvalue weighted by Crippen LogP contribution is 2.18. The first-order valence-electron chi connectivity index (χ1n) is 5.11. The van der Waals surface area contributed by atoms with Crippen molar-refractivity contribution in [2.45, 2.75) is 32.0 Å². The van der Waals surface area contributed by atoms with Crippen LogP contribution in [0.25, 0.3) is 0 Å². The maximum Gasteiger partial charge on any atom is 0.236 e. The van der Waals surface area contributed by atoms with E-state index < -0.39 is 0 Å². The number of amides is 1. The predicted octanol–water partition coefficient (Wildman–Crippen LogP) is 2.58. The fourth-order valence-corrected chi connectivity index (χ4v) is 1.72. The molecular formula is C11H18BrNO.